The molecule has 0 heterocycles. The van der Waals surface area contributed by atoms with Crippen LogP contribution >= 0.6 is 0 Å². The minimum atomic E-state index is -0.922. The van der Waals surface area contributed by atoms with Crippen LogP contribution in [0.1, 0.15) is 5.56 Å². The summed E-state index contributed by atoms with van der Waals surface area (Å²) >= 11 is 0. The Labute approximate surface area is 83.2 Å². The van der Waals surface area contributed by atoms with Crippen molar-refractivity contribution in [2.75, 3.05) is 0 Å². The summed E-state index contributed by atoms with van der Waals surface area (Å²) in [4.78, 5) is 10.1. The lowest BCUT2D eigenvalue weighted by atomic mass is 10.1. The van der Waals surface area contributed by atoms with Crippen molar-refractivity contribution in [1.82, 2.24) is 0 Å². The number of hydrogen-bond acceptors (Lipinski definition) is 1. The Balaban J connectivity index is 2.38. The van der Waals surface area contributed by atoms with Gasteiger partial charge in [-0.25, -0.2) is 4.79 Å². The number of carboxylic acids is 1. The zero-order chi connectivity index (χ0) is 10.2. The molecule has 0 saturated carbocycles. The first-order valence-corrected chi connectivity index (χ1v) is 4.39. The van der Waals surface area contributed by atoms with Crippen LogP contribution in [-0.2, 0) is 11.2 Å². The van der Waals surface area contributed by atoms with Crippen molar-refractivity contribution in [3.8, 4) is 0 Å². The lowest BCUT2D eigenvalue weighted by molar-refractivity contribution is -0.131. The van der Waals surface area contributed by atoms with Crippen LogP contribution in [0.25, 0.3) is 0 Å². The van der Waals surface area contributed by atoms with E-state index in [-0.39, 0.29) is 0 Å². The predicted molar refractivity (Wildman–Crippen MR) is 56.1 cm³/mol. The molecule has 1 rings (SSSR count). The van der Waals surface area contributed by atoms with E-state index in [1.807, 2.05) is 36.4 Å². The van der Waals surface area contributed by atoms with Gasteiger partial charge in [-0.1, -0.05) is 48.6 Å². The molecule has 0 atom stereocenters. The zero-order valence-electron chi connectivity index (χ0n) is 7.76. The normalized spacial score (nSPS) is 11.1. The first-order valence-electron chi connectivity index (χ1n) is 4.39. The highest BCUT2D eigenvalue weighted by Gasteiger charge is 1.84. The van der Waals surface area contributed by atoms with E-state index in [0.29, 0.717) is 0 Å². The summed E-state index contributed by atoms with van der Waals surface area (Å²) in [5.74, 6) is -0.922. The number of aliphatic carboxylic acids is 1. The number of allylic oxidation sites excluding steroid dienone is 3. The van der Waals surface area contributed by atoms with Crippen LogP contribution in [0.4, 0.5) is 0 Å². The fourth-order valence-corrected chi connectivity index (χ4v) is 1.03. The molecule has 2 heteroatoms. The third-order valence-electron chi connectivity index (χ3n) is 1.68. The van der Waals surface area contributed by atoms with Gasteiger partial charge in [0.25, 0.3) is 0 Å². The van der Waals surface area contributed by atoms with Gasteiger partial charge in [0.05, 0.1) is 0 Å². The fourth-order valence-electron chi connectivity index (χ4n) is 1.03. The second kappa shape index (κ2) is 5.75. The van der Waals surface area contributed by atoms with Crippen LogP contribution < -0.4 is 0 Å². The molecule has 0 saturated heterocycles. The average molecular weight is 188 g/mol. The second-order valence-electron chi connectivity index (χ2n) is 2.82. The van der Waals surface area contributed by atoms with Gasteiger partial charge in [-0.15, -0.1) is 0 Å². The monoisotopic (exact) mass is 188 g/mol. The van der Waals surface area contributed by atoms with E-state index in [1.54, 1.807) is 6.08 Å². The number of carbonyl (C=O) groups is 1. The van der Waals surface area contributed by atoms with Crippen molar-refractivity contribution < 1.29 is 9.90 Å². The molecule has 0 aliphatic heterocycles. The maximum Gasteiger partial charge on any atom is 0.328 e. The van der Waals surface area contributed by atoms with Gasteiger partial charge in [0.15, 0.2) is 0 Å². The third kappa shape index (κ3) is 4.26. The van der Waals surface area contributed by atoms with E-state index in [4.69, 9.17) is 5.11 Å². The van der Waals surface area contributed by atoms with Gasteiger partial charge in [0.1, 0.15) is 0 Å². The van der Waals surface area contributed by atoms with Gasteiger partial charge in [0.2, 0.25) is 0 Å². The van der Waals surface area contributed by atoms with Crippen LogP contribution in [0.15, 0.2) is 54.6 Å². The summed E-state index contributed by atoms with van der Waals surface area (Å²) in [6, 6.07) is 10.0. The molecule has 1 aromatic rings. The van der Waals surface area contributed by atoms with Crippen molar-refractivity contribution in [3.05, 3.63) is 60.2 Å². The largest absolute Gasteiger partial charge is 0.478 e. The molecule has 0 aromatic heterocycles. The standard InChI is InChI=1S/C12H12O2/c13-12(14)10-6-2-5-9-11-7-3-1-4-8-11/h1-8,10H,9H2,(H,13,14). The summed E-state index contributed by atoms with van der Waals surface area (Å²) in [6.07, 6.45) is 7.12. The summed E-state index contributed by atoms with van der Waals surface area (Å²) in [5, 5.41) is 8.31. The van der Waals surface area contributed by atoms with Crippen molar-refractivity contribution in [2.45, 2.75) is 6.42 Å². The van der Waals surface area contributed by atoms with Gasteiger partial charge in [-0.3, -0.25) is 0 Å². The van der Waals surface area contributed by atoms with Gasteiger partial charge in [0, 0.05) is 6.08 Å². The topological polar surface area (TPSA) is 37.3 Å². The van der Waals surface area contributed by atoms with Crippen molar-refractivity contribution in [2.24, 2.45) is 0 Å². The number of carboxylic acid groups (broad SMARTS) is 1. The molecular weight excluding hydrogens is 176 g/mol. The summed E-state index contributed by atoms with van der Waals surface area (Å²) in [6.45, 7) is 0. The predicted octanol–water partition coefficient (Wildman–Crippen LogP) is 2.43. The molecular formula is C12H12O2. The molecule has 1 aromatic carbocycles. The highest BCUT2D eigenvalue weighted by molar-refractivity contribution is 5.80. The summed E-state index contributed by atoms with van der Waals surface area (Å²) in [5.41, 5.74) is 1.22. The first-order chi connectivity index (χ1) is 6.79. The van der Waals surface area contributed by atoms with Gasteiger partial charge < -0.3 is 5.11 Å². The van der Waals surface area contributed by atoms with Crippen LogP contribution in [0.5, 0.6) is 0 Å². The SMILES string of the molecule is O=C(O)C=CC=CCc1ccccc1. The van der Waals surface area contributed by atoms with Crippen molar-refractivity contribution in [1.29, 1.82) is 0 Å². The van der Waals surface area contributed by atoms with E-state index < -0.39 is 5.97 Å². The van der Waals surface area contributed by atoms with Crippen LogP contribution in [0.3, 0.4) is 0 Å². The smallest absolute Gasteiger partial charge is 0.328 e. The third-order valence-corrected chi connectivity index (χ3v) is 1.68. The van der Waals surface area contributed by atoms with E-state index in [9.17, 15) is 4.79 Å². The van der Waals surface area contributed by atoms with E-state index in [2.05, 4.69) is 0 Å². The molecule has 72 valence electrons. The number of benzene rings is 1. The van der Waals surface area contributed by atoms with Gasteiger partial charge in [-0.2, -0.15) is 0 Å². The average Bonchev–Trinajstić information content (AvgIpc) is 2.18. The van der Waals surface area contributed by atoms with E-state index in [0.717, 1.165) is 12.5 Å². The van der Waals surface area contributed by atoms with Gasteiger partial charge >= 0.3 is 5.97 Å². The van der Waals surface area contributed by atoms with Gasteiger partial charge in [-0.05, 0) is 12.0 Å². The Bertz CT molecular complexity index is 337. The molecule has 0 fully saturated rings. The maximum atomic E-state index is 10.1. The Morgan fingerprint density at radius 2 is 1.93 bits per heavy atom. The maximum absolute atomic E-state index is 10.1. The minimum absolute atomic E-state index is 0.824. The molecule has 0 amide bonds. The van der Waals surface area contributed by atoms with Crippen molar-refractivity contribution >= 4 is 5.97 Å². The van der Waals surface area contributed by atoms with E-state index in [1.165, 1.54) is 11.6 Å². The molecule has 0 unspecified atom stereocenters. The van der Waals surface area contributed by atoms with E-state index >= 15 is 0 Å². The Morgan fingerprint density at radius 3 is 2.57 bits per heavy atom. The Morgan fingerprint density at radius 1 is 1.21 bits per heavy atom. The van der Waals surface area contributed by atoms with Crippen molar-refractivity contribution in [3.63, 3.8) is 0 Å². The molecule has 0 aliphatic rings. The summed E-state index contributed by atoms with van der Waals surface area (Å²) < 4.78 is 0. The molecule has 14 heavy (non-hydrogen) atoms. The molecule has 2 nitrogen and oxygen atoms in total. The first kappa shape index (κ1) is 10.3. The lowest BCUT2D eigenvalue weighted by Gasteiger charge is -1.92. The number of hydrogen-bond donors (Lipinski definition) is 1. The zero-order valence-corrected chi connectivity index (χ0v) is 7.76. The molecule has 0 bridgehead atoms. The number of rotatable bonds is 4. The minimum Gasteiger partial charge on any atom is -0.478 e. The molecule has 0 spiro atoms. The Hall–Kier alpha value is -1.83. The van der Waals surface area contributed by atoms with Crippen LogP contribution in [-0.4, -0.2) is 11.1 Å². The quantitative estimate of drug-likeness (QED) is 0.582. The van der Waals surface area contributed by atoms with Crippen LogP contribution in [0, 0.1) is 0 Å². The highest BCUT2D eigenvalue weighted by atomic mass is 16.4. The lowest BCUT2D eigenvalue weighted by Crippen LogP contribution is -1.84. The Kier molecular flexibility index (Phi) is 4.21. The molecule has 0 radical (unpaired) electrons. The summed E-state index contributed by atoms with van der Waals surface area (Å²) in [7, 11) is 0. The highest BCUT2D eigenvalue weighted by Crippen LogP contribution is 1.99. The molecule has 0 aliphatic carbocycles. The van der Waals surface area contributed by atoms with Crippen LogP contribution in [0.2, 0.25) is 0 Å². The molecule has 1 N–H and O–H groups in total. The second-order valence-corrected chi connectivity index (χ2v) is 2.82. The fraction of sp³-hybridized carbons (Fsp3) is 0.0833.